The SMILES string of the molecule is CC(C)(C)OC(=O)NC(C(=O)N1CCCC1)[C@H]1CC[C@@H](OS(C)(=O)=O)CC1. The van der Waals surface area contributed by atoms with Crippen molar-refractivity contribution in [3.05, 3.63) is 0 Å². The Balaban J connectivity index is 2.03. The molecular formula is C18H32N2O6S. The summed E-state index contributed by atoms with van der Waals surface area (Å²) >= 11 is 0. The Kier molecular flexibility index (Phi) is 7.13. The van der Waals surface area contributed by atoms with Gasteiger partial charge in [-0.3, -0.25) is 8.98 Å². The molecular weight excluding hydrogens is 372 g/mol. The topological polar surface area (TPSA) is 102 Å². The highest BCUT2D eigenvalue weighted by atomic mass is 32.2. The first kappa shape index (κ1) is 21.9. The predicted octanol–water partition coefficient (Wildman–Crippen LogP) is 2.04. The highest BCUT2D eigenvalue weighted by Crippen LogP contribution is 2.31. The molecule has 8 nitrogen and oxygen atoms in total. The standard InChI is InChI=1S/C18H32N2O6S/c1-18(2,3)25-17(22)19-15(16(21)20-11-5-6-12-20)13-7-9-14(10-8-13)26-27(4,23)24/h13-15H,5-12H2,1-4H3,(H,19,22)/t13-,14+,15?. The number of nitrogens with zero attached hydrogens (tertiary/aromatic N) is 1. The molecule has 2 amide bonds. The van der Waals surface area contributed by atoms with Crippen molar-refractivity contribution in [2.24, 2.45) is 5.92 Å². The lowest BCUT2D eigenvalue weighted by molar-refractivity contribution is -0.134. The normalized spacial score (nSPS) is 25.1. The van der Waals surface area contributed by atoms with E-state index in [9.17, 15) is 18.0 Å². The maximum atomic E-state index is 13.0. The zero-order valence-electron chi connectivity index (χ0n) is 16.7. The highest BCUT2D eigenvalue weighted by molar-refractivity contribution is 7.86. The smallest absolute Gasteiger partial charge is 0.408 e. The van der Waals surface area contributed by atoms with Crippen LogP contribution in [0.5, 0.6) is 0 Å². The van der Waals surface area contributed by atoms with E-state index in [0.717, 1.165) is 19.1 Å². The van der Waals surface area contributed by atoms with E-state index in [1.54, 1.807) is 25.7 Å². The Morgan fingerprint density at radius 1 is 1.07 bits per heavy atom. The van der Waals surface area contributed by atoms with E-state index >= 15 is 0 Å². The third-order valence-corrected chi connectivity index (χ3v) is 5.48. The highest BCUT2D eigenvalue weighted by Gasteiger charge is 2.37. The van der Waals surface area contributed by atoms with Crippen molar-refractivity contribution in [3.63, 3.8) is 0 Å². The van der Waals surface area contributed by atoms with Crippen LogP contribution in [0.2, 0.25) is 0 Å². The van der Waals surface area contributed by atoms with E-state index in [4.69, 9.17) is 8.92 Å². The molecule has 27 heavy (non-hydrogen) atoms. The molecule has 1 atom stereocenters. The molecule has 0 aromatic carbocycles. The lowest BCUT2D eigenvalue weighted by atomic mass is 9.82. The van der Waals surface area contributed by atoms with Gasteiger partial charge in [0, 0.05) is 13.1 Å². The molecule has 2 fully saturated rings. The summed E-state index contributed by atoms with van der Waals surface area (Å²) in [5, 5.41) is 2.77. The first-order valence-electron chi connectivity index (χ1n) is 9.61. The first-order valence-corrected chi connectivity index (χ1v) is 11.4. The molecule has 1 N–H and O–H groups in total. The number of rotatable bonds is 5. The van der Waals surface area contributed by atoms with Crippen LogP contribution < -0.4 is 5.32 Å². The summed E-state index contributed by atoms with van der Waals surface area (Å²) in [7, 11) is -3.50. The number of hydrogen-bond acceptors (Lipinski definition) is 6. The Morgan fingerprint density at radius 3 is 2.11 bits per heavy atom. The molecule has 1 saturated heterocycles. The number of alkyl carbamates (subject to hydrolysis) is 1. The quantitative estimate of drug-likeness (QED) is 0.704. The summed E-state index contributed by atoms with van der Waals surface area (Å²) in [6.07, 6.45) is 4.33. The van der Waals surface area contributed by atoms with Crippen molar-refractivity contribution < 1.29 is 26.9 Å². The van der Waals surface area contributed by atoms with Crippen LogP contribution in [0.1, 0.15) is 59.3 Å². The van der Waals surface area contributed by atoms with E-state index in [0.29, 0.717) is 38.8 Å². The summed E-state index contributed by atoms with van der Waals surface area (Å²) < 4.78 is 33.1. The van der Waals surface area contributed by atoms with E-state index in [2.05, 4.69) is 5.32 Å². The van der Waals surface area contributed by atoms with Crippen LogP contribution in [-0.2, 0) is 23.8 Å². The largest absolute Gasteiger partial charge is 0.444 e. The molecule has 0 bridgehead atoms. The zero-order chi connectivity index (χ0) is 20.2. The lowest BCUT2D eigenvalue weighted by Gasteiger charge is -2.35. The fourth-order valence-electron chi connectivity index (χ4n) is 3.72. The van der Waals surface area contributed by atoms with Crippen molar-refractivity contribution in [2.75, 3.05) is 19.3 Å². The van der Waals surface area contributed by atoms with Crippen LogP contribution >= 0.6 is 0 Å². The van der Waals surface area contributed by atoms with Crippen LogP contribution in [-0.4, -0.2) is 62.4 Å². The second kappa shape index (κ2) is 8.77. The van der Waals surface area contributed by atoms with Gasteiger partial charge in [0.2, 0.25) is 5.91 Å². The fraction of sp³-hybridized carbons (Fsp3) is 0.889. The minimum absolute atomic E-state index is 0.0648. The van der Waals surface area contributed by atoms with Gasteiger partial charge in [0.25, 0.3) is 10.1 Å². The Bertz CT molecular complexity index is 629. The van der Waals surface area contributed by atoms with Crippen LogP contribution in [0.3, 0.4) is 0 Å². The van der Waals surface area contributed by atoms with Gasteiger partial charge in [-0.1, -0.05) is 0 Å². The van der Waals surface area contributed by atoms with Gasteiger partial charge in [-0.25, -0.2) is 4.79 Å². The fourth-order valence-corrected chi connectivity index (χ4v) is 4.40. The number of carbonyl (C=O) groups excluding carboxylic acids is 2. The van der Waals surface area contributed by atoms with E-state index in [1.165, 1.54) is 0 Å². The van der Waals surface area contributed by atoms with Crippen LogP contribution in [0.15, 0.2) is 0 Å². The molecule has 0 aromatic rings. The molecule has 1 heterocycles. The van der Waals surface area contributed by atoms with Crippen LogP contribution in [0.4, 0.5) is 4.79 Å². The van der Waals surface area contributed by atoms with Gasteiger partial charge in [0.1, 0.15) is 11.6 Å². The number of amides is 2. The van der Waals surface area contributed by atoms with Gasteiger partial charge >= 0.3 is 6.09 Å². The third-order valence-electron chi connectivity index (χ3n) is 4.86. The number of carbonyl (C=O) groups is 2. The number of ether oxygens (including phenoxy) is 1. The van der Waals surface area contributed by atoms with E-state index < -0.39 is 27.9 Å². The zero-order valence-corrected chi connectivity index (χ0v) is 17.5. The maximum absolute atomic E-state index is 13.0. The van der Waals surface area contributed by atoms with Crippen molar-refractivity contribution >= 4 is 22.1 Å². The molecule has 0 spiro atoms. The maximum Gasteiger partial charge on any atom is 0.408 e. The van der Waals surface area contributed by atoms with Gasteiger partial charge in [-0.05, 0) is 65.2 Å². The van der Waals surface area contributed by atoms with E-state index in [-0.39, 0.29) is 17.9 Å². The van der Waals surface area contributed by atoms with Crippen molar-refractivity contribution in [3.8, 4) is 0 Å². The molecule has 156 valence electrons. The number of nitrogens with one attached hydrogen (secondary N) is 1. The molecule has 0 aromatic heterocycles. The van der Waals surface area contributed by atoms with Gasteiger partial charge < -0.3 is 15.0 Å². The summed E-state index contributed by atoms with van der Waals surface area (Å²) in [5.41, 5.74) is -0.647. The van der Waals surface area contributed by atoms with Crippen LogP contribution in [0, 0.1) is 5.92 Å². The summed E-state index contributed by atoms with van der Waals surface area (Å²) in [4.78, 5) is 27.1. The molecule has 1 aliphatic heterocycles. The minimum Gasteiger partial charge on any atom is -0.444 e. The summed E-state index contributed by atoms with van der Waals surface area (Å²) in [5.74, 6) is -0.143. The van der Waals surface area contributed by atoms with Gasteiger partial charge in [0.05, 0.1) is 12.4 Å². The lowest BCUT2D eigenvalue weighted by Crippen LogP contribution is -2.53. The van der Waals surface area contributed by atoms with Gasteiger partial charge in [-0.15, -0.1) is 0 Å². The van der Waals surface area contributed by atoms with Crippen molar-refractivity contribution in [1.29, 1.82) is 0 Å². The average Bonchev–Trinajstić information content (AvgIpc) is 3.04. The third kappa shape index (κ3) is 7.29. The minimum atomic E-state index is -3.50. The molecule has 2 aliphatic rings. The molecule has 0 radical (unpaired) electrons. The molecule has 9 heteroatoms. The summed E-state index contributed by atoms with van der Waals surface area (Å²) in [6, 6.07) is -0.655. The molecule has 1 unspecified atom stereocenters. The average molecular weight is 405 g/mol. The Hall–Kier alpha value is -1.35. The number of likely N-dealkylation sites (tertiary alicyclic amines) is 1. The predicted molar refractivity (Wildman–Crippen MR) is 101 cm³/mol. The molecule has 2 rings (SSSR count). The monoisotopic (exact) mass is 404 g/mol. The van der Waals surface area contributed by atoms with Gasteiger partial charge in [-0.2, -0.15) is 8.42 Å². The van der Waals surface area contributed by atoms with Crippen molar-refractivity contribution in [2.45, 2.75) is 77.0 Å². The Labute approximate surface area is 162 Å². The second-order valence-corrected chi connectivity index (χ2v) is 10.1. The van der Waals surface area contributed by atoms with E-state index in [1.807, 2.05) is 0 Å². The van der Waals surface area contributed by atoms with Gasteiger partial charge in [0.15, 0.2) is 0 Å². The summed E-state index contributed by atoms with van der Waals surface area (Å²) in [6.45, 7) is 6.74. The second-order valence-electron chi connectivity index (χ2n) is 8.49. The molecule has 1 saturated carbocycles. The van der Waals surface area contributed by atoms with Crippen molar-refractivity contribution in [1.82, 2.24) is 10.2 Å². The Morgan fingerprint density at radius 2 is 1.63 bits per heavy atom. The number of hydrogen-bond donors (Lipinski definition) is 1. The van der Waals surface area contributed by atoms with Crippen LogP contribution in [0.25, 0.3) is 0 Å². The molecule has 1 aliphatic carbocycles. The first-order chi connectivity index (χ1) is 12.4.